The van der Waals surface area contributed by atoms with E-state index in [2.05, 4.69) is 56.4 Å². The number of anilines is 3. The molecule has 296 valence electrons. The van der Waals surface area contributed by atoms with Crippen LogP contribution in [0.3, 0.4) is 0 Å². The van der Waals surface area contributed by atoms with Gasteiger partial charge in [-0.25, -0.2) is 0 Å². The molecule has 0 atom stereocenters. The zero-order valence-electron chi connectivity index (χ0n) is 31.6. The summed E-state index contributed by atoms with van der Waals surface area (Å²) in [6.07, 6.45) is 25.5. The van der Waals surface area contributed by atoms with E-state index in [1.54, 1.807) is 0 Å². The maximum Gasteiger partial charge on any atom is 0.236 e. The lowest BCUT2D eigenvalue weighted by Gasteiger charge is -2.44. The fourth-order valence-corrected chi connectivity index (χ4v) is 9.23. The number of nitrogens with zero attached hydrogens (tertiary/aromatic N) is 3. The second kappa shape index (κ2) is 23.6. The van der Waals surface area contributed by atoms with Gasteiger partial charge in [0.1, 0.15) is 0 Å². The summed E-state index contributed by atoms with van der Waals surface area (Å²) < 4.78 is 0. The van der Waals surface area contributed by atoms with Crippen molar-refractivity contribution in [2.45, 2.75) is 154 Å². The highest BCUT2D eigenvalue weighted by Crippen LogP contribution is 2.32. The van der Waals surface area contributed by atoms with Gasteiger partial charge in [0.2, 0.25) is 5.24 Å². The summed E-state index contributed by atoms with van der Waals surface area (Å²) in [5.41, 5.74) is 10.5. The van der Waals surface area contributed by atoms with Crippen molar-refractivity contribution in [3.8, 4) is 0 Å². The van der Waals surface area contributed by atoms with Crippen LogP contribution in [0.25, 0.3) is 0 Å². The van der Waals surface area contributed by atoms with Crippen LogP contribution in [-0.4, -0.2) is 83.6 Å². The SMILES string of the molecule is C.Nc1ccccc1NC1CCN(C2CCCCCCC2)CC1.O=C(Cl)CCl.O=C1Cc2ccccc2N(C2CCN(C3CCCCCCC3)CC2)C1. The summed E-state index contributed by atoms with van der Waals surface area (Å²) >= 11 is 9.55. The highest BCUT2D eigenvalue weighted by atomic mass is 35.5. The Hall–Kier alpha value is -2.32. The number of nitrogens with two attached hydrogens (primary N) is 1. The molecule has 3 aliphatic heterocycles. The average Bonchev–Trinajstić information content (AvgIpc) is 3.13. The number of fused-ring (bicyclic) bond motifs is 1. The lowest BCUT2D eigenvalue weighted by atomic mass is 9.92. The van der Waals surface area contributed by atoms with Crippen molar-refractivity contribution < 1.29 is 9.59 Å². The van der Waals surface area contributed by atoms with Gasteiger partial charge in [-0.2, -0.15) is 0 Å². The number of benzene rings is 2. The number of para-hydroxylation sites is 3. The maximum absolute atomic E-state index is 12.2. The van der Waals surface area contributed by atoms with Gasteiger partial charge in [-0.3, -0.25) is 9.59 Å². The number of halogens is 2. The third kappa shape index (κ3) is 14.0. The lowest BCUT2D eigenvalue weighted by Crippen LogP contribution is -2.51. The third-order valence-corrected chi connectivity index (χ3v) is 12.6. The first-order chi connectivity index (χ1) is 25.4. The highest BCUT2D eigenvalue weighted by Gasteiger charge is 2.32. The van der Waals surface area contributed by atoms with Gasteiger partial charge >= 0.3 is 0 Å². The highest BCUT2D eigenvalue weighted by molar-refractivity contribution is 6.67. The van der Waals surface area contributed by atoms with Crippen LogP contribution in [0.1, 0.15) is 129 Å². The summed E-state index contributed by atoms with van der Waals surface area (Å²) in [5, 5.41) is 3.14. The van der Waals surface area contributed by atoms with Gasteiger partial charge in [-0.15, -0.1) is 11.6 Å². The fourth-order valence-electron chi connectivity index (χ4n) is 9.23. The van der Waals surface area contributed by atoms with Gasteiger partial charge in [0.15, 0.2) is 5.78 Å². The van der Waals surface area contributed by atoms with Crippen molar-refractivity contribution in [3.63, 3.8) is 0 Å². The second-order valence-electron chi connectivity index (χ2n) is 15.8. The number of hydrogen-bond donors (Lipinski definition) is 2. The molecule has 3 heterocycles. The minimum Gasteiger partial charge on any atom is -0.397 e. The molecule has 0 aromatic heterocycles. The van der Waals surface area contributed by atoms with E-state index < -0.39 is 5.24 Å². The zero-order chi connectivity index (χ0) is 36.5. The number of nitrogen functional groups attached to an aromatic ring is 1. The summed E-state index contributed by atoms with van der Waals surface area (Å²) in [6.45, 7) is 5.53. The molecule has 53 heavy (non-hydrogen) atoms. The number of rotatable bonds is 6. The van der Waals surface area contributed by atoms with Crippen molar-refractivity contribution in [1.29, 1.82) is 0 Å². The van der Waals surface area contributed by atoms with Crippen molar-refractivity contribution in [3.05, 3.63) is 54.1 Å². The van der Waals surface area contributed by atoms with E-state index in [9.17, 15) is 9.59 Å². The molecule has 0 bridgehead atoms. The predicted molar refractivity (Wildman–Crippen MR) is 227 cm³/mol. The Bertz CT molecular complexity index is 1340. The van der Waals surface area contributed by atoms with E-state index in [-0.39, 0.29) is 13.3 Å². The molecule has 2 saturated carbocycles. The minimum absolute atomic E-state index is 0. The van der Waals surface area contributed by atoms with Crippen LogP contribution >= 0.6 is 23.2 Å². The Kier molecular flexibility index (Phi) is 19.3. The Balaban J connectivity index is 0.000000208. The molecular weight excluding hydrogens is 701 g/mol. The van der Waals surface area contributed by atoms with Crippen LogP contribution in [0.15, 0.2) is 48.5 Å². The molecule has 5 aliphatic rings. The summed E-state index contributed by atoms with van der Waals surface area (Å²) in [6, 6.07) is 19.4. The van der Waals surface area contributed by atoms with E-state index >= 15 is 0 Å². The van der Waals surface area contributed by atoms with Crippen LogP contribution in [-0.2, 0) is 16.0 Å². The number of piperidine rings is 2. The Morgan fingerprint density at radius 3 is 1.68 bits per heavy atom. The molecule has 9 heteroatoms. The van der Waals surface area contributed by atoms with Crippen molar-refractivity contribution >= 4 is 51.3 Å². The largest absolute Gasteiger partial charge is 0.397 e. The second-order valence-corrected chi connectivity index (χ2v) is 16.5. The van der Waals surface area contributed by atoms with Crippen molar-refractivity contribution in [2.24, 2.45) is 0 Å². The molecule has 0 unspecified atom stereocenters. The zero-order valence-corrected chi connectivity index (χ0v) is 33.1. The first-order valence-electron chi connectivity index (χ1n) is 20.6. The standard InChI is InChI=1S/C22H32N2O.C19H31N3.C2H2Cl2O.CH4/c25-21-16-18-8-6-7-11-22(18)24(17-21)20-12-14-23(15-13-20)19-9-4-2-1-3-5-10-19;20-18-10-6-7-11-19(18)21-16-12-14-22(15-13-16)17-8-4-2-1-3-5-9-17;3-1-2(4)5;/h6-8,11,19-20H,1-5,9-10,12-17H2;6-7,10-11,16-17,21H,1-5,8-9,12-15,20H2;1H2;1H4. The molecule has 4 fully saturated rings. The summed E-state index contributed by atoms with van der Waals surface area (Å²) in [7, 11) is 0. The van der Waals surface area contributed by atoms with Crippen LogP contribution in [0, 0.1) is 0 Å². The van der Waals surface area contributed by atoms with Crippen LogP contribution in [0.5, 0.6) is 0 Å². The van der Waals surface area contributed by atoms with E-state index in [1.165, 1.54) is 153 Å². The van der Waals surface area contributed by atoms with Gasteiger partial charge in [-0.1, -0.05) is 102 Å². The predicted octanol–water partition coefficient (Wildman–Crippen LogP) is 10.1. The number of likely N-dealkylation sites (tertiary alicyclic amines) is 2. The summed E-state index contributed by atoms with van der Waals surface area (Å²) in [5.74, 6) is 0.280. The molecule has 0 spiro atoms. The number of carbonyl (C=O) groups excluding carboxylic acids is 2. The summed E-state index contributed by atoms with van der Waals surface area (Å²) in [4.78, 5) is 29.6. The van der Waals surface area contributed by atoms with Crippen LogP contribution in [0.2, 0.25) is 0 Å². The minimum atomic E-state index is -0.508. The molecule has 2 aliphatic carbocycles. The third-order valence-electron chi connectivity index (χ3n) is 12.1. The van der Waals surface area contributed by atoms with E-state index in [4.69, 9.17) is 28.9 Å². The molecular formula is C44H69Cl2N5O2. The first-order valence-corrected chi connectivity index (χ1v) is 21.5. The average molecular weight is 771 g/mol. The molecule has 7 rings (SSSR count). The van der Waals surface area contributed by atoms with Gasteiger partial charge < -0.3 is 25.8 Å². The first kappa shape index (κ1) is 43.4. The maximum atomic E-state index is 12.2. The Morgan fingerprint density at radius 2 is 1.15 bits per heavy atom. The van der Waals surface area contributed by atoms with E-state index in [1.807, 2.05) is 12.1 Å². The van der Waals surface area contributed by atoms with Crippen molar-refractivity contribution in [2.75, 3.05) is 54.6 Å². The normalized spacial score (nSPS) is 21.8. The van der Waals surface area contributed by atoms with Gasteiger partial charge in [-0.05, 0) is 86.7 Å². The molecule has 0 radical (unpaired) electrons. The molecule has 2 aromatic rings. The van der Waals surface area contributed by atoms with Gasteiger partial charge in [0.05, 0.1) is 23.8 Å². The molecule has 2 aromatic carbocycles. The van der Waals surface area contributed by atoms with Crippen LogP contribution in [0.4, 0.5) is 17.1 Å². The molecule has 2 saturated heterocycles. The molecule has 7 nitrogen and oxygen atoms in total. The number of carbonyl (C=O) groups is 2. The molecule has 0 amide bonds. The van der Waals surface area contributed by atoms with Gasteiger partial charge in [0, 0.05) is 62.5 Å². The Morgan fingerprint density at radius 1 is 0.679 bits per heavy atom. The van der Waals surface area contributed by atoms with Crippen LogP contribution < -0.4 is 16.0 Å². The fraction of sp³-hybridized carbons (Fsp3) is 0.682. The monoisotopic (exact) mass is 769 g/mol. The van der Waals surface area contributed by atoms with Crippen molar-refractivity contribution in [1.82, 2.24) is 9.80 Å². The number of Topliss-reactive ketones (excluding diaryl/α,β-unsaturated/α-hetero) is 1. The quantitative estimate of drug-likeness (QED) is 0.172. The number of alkyl halides is 1. The van der Waals surface area contributed by atoms with E-state index in [0.29, 0.717) is 30.8 Å². The number of hydrogen-bond acceptors (Lipinski definition) is 7. The lowest BCUT2D eigenvalue weighted by molar-refractivity contribution is -0.117. The topological polar surface area (TPSA) is 81.9 Å². The van der Waals surface area contributed by atoms with Gasteiger partial charge in [0.25, 0.3) is 0 Å². The number of nitrogens with one attached hydrogen (secondary N) is 1. The Labute approximate surface area is 331 Å². The number of ketones is 1. The molecule has 3 N–H and O–H groups in total. The van der Waals surface area contributed by atoms with E-state index in [0.717, 1.165) is 23.5 Å². The smallest absolute Gasteiger partial charge is 0.236 e.